The number of nitrogens with one attached hydrogen (secondary N) is 1. The number of pyridine rings is 1. The maximum Gasteiger partial charge on any atom is 0.311 e. The van der Waals surface area contributed by atoms with Crippen molar-refractivity contribution in [3.63, 3.8) is 0 Å². The summed E-state index contributed by atoms with van der Waals surface area (Å²) in [5.41, 5.74) is 6.62. The highest BCUT2D eigenvalue weighted by Crippen LogP contribution is 2.29. The number of nitro groups is 1. The molecule has 2 aromatic rings. The number of nitrogens with zero attached hydrogens (tertiary/aromatic N) is 2. The zero-order valence-corrected chi connectivity index (χ0v) is 11.2. The van der Waals surface area contributed by atoms with Gasteiger partial charge in [-0.25, -0.2) is 4.98 Å². The third kappa shape index (κ3) is 2.71. The van der Waals surface area contributed by atoms with Crippen molar-refractivity contribution in [3.8, 4) is 5.75 Å². The molecule has 0 fully saturated rings. The molecule has 1 aromatic carbocycles. The predicted molar refractivity (Wildman–Crippen MR) is 78.4 cm³/mol. The van der Waals surface area contributed by atoms with Gasteiger partial charge in [-0.15, -0.1) is 0 Å². The Morgan fingerprint density at radius 1 is 1.38 bits per heavy atom. The summed E-state index contributed by atoms with van der Waals surface area (Å²) in [4.78, 5) is 14.4. The highest BCUT2D eigenvalue weighted by atomic mass is 16.6. The van der Waals surface area contributed by atoms with Gasteiger partial charge < -0.3 is 15.8 Å². The van der Waals surface area contributed by atoms with Crippen LogP contribution in [0.5, 0.6) is 5.75 Å². The summed E-state index contributed by atoms with van der Waals surface area (Å²) in [7, 11) is 0. The molecule has 3 rings (SSSR count). The minimum atomic E-state index is -0.487. The van der Waals surface area contributed by atoms with Crippen LogP contribution in [0.4, 0.5) is 17.3 Å². The molecule has 1 unspecified atom stereocenters. The quantitative estimate of drug-likeness (QED) is 0.658. The number of anilines is 2. The lowest BCUT2D eigenvalue weighted by Crippen LogP contribution is -2.24. The zero-order chi connectivity index (χ0) is 14.8. The van der Waals surface area contributed by atoms with Crippen LogP contribution in [-0.2, 0) is 6.42 Å². The predicted octanol–water partition coefficient (Wildman–Crippen LogP) is 1.99. The van der Waals surface area contributed by atoms with Crippen LogP contribution in [-0.4, -0.2) is 22.6 Å². The lowest BCUT2D eigenvalue weighted by Gasteiger charge is -2.12. The van der Waals surface area contributed by atoms with E-state index in [2.05, 4.69) is 10.3 Å². The van der Waals surface area contributed by atoms with Crippen molar-refractivity contribution in [1.29, 1.82) is 0 Å². The van der Waals surface area contributed by atoms with Gasteiger partial charge in [0.05, 0.1) is 11.5 Å². The SMILES string of the molecule is Nc1ccc([N+](=O)[O-])c(NCC2Cc3ccccc3O2)n1. The van der Waals surface area contributed by atoms with E-state index in [4.69, 9.17) is 10.5 Å². The summed E-state index contributed by atoms with van der Waals surface area (Å²) in [6.45, 7) is 0.423. The van der Waals surface area contributed by atoms with Gasteiger partial charge in [0.25, 0.3) is 0 Å². The van der Waals surface area contributed by atoms with E-state index in [0.717, 1.165) is 17.7 Å². The molecule has 1 aliphatic rings. The number of benzene rings is 1. The third-order valence-electron chi connectivity index (χ3n) is 3.30. The summed E-state index contributed by atoms with van der Waals surface area (Å²) < 4.78 is 5.77. The first kappa shape index (κ1) is 13.2. The van der Waals surface area contributed by atoms with E-state index in [1.54, 1.807) is 0 Å². The van der Waals surface area contributed by atoms with Gasteiger partial charge in [0.1, 0.15) is 17.7 Å². The topological polar surface area (TPSA) is 103 Å². The Morgan fingerprint density at radius 2 is 2.19 bits per heavy atom. The fourth-order valence-electron chi connectivity index (χ4n) is 2.32. The van der Waals surface area contributed by atoms with Crippen LogP contribution in [0.3, 0.4) is 0 Å². The Kier molecular flexibility index (Phi) is 3.31. The second kappa shape index (κ2) is 5.28. The van der Waals surface area contributed by atoms with Crippen LogP contribution in [0.25, 0.3) is 0 Å². The summed E-state index contributed by atoms with van der Waals surface area (Å²) in [5, 5.41) is 13.9. The number of para-hydroxylation sites is 1. The van der Waals surface area contributed by atoms with Crippen LogP contribution in [0.1, 0.15) is 5.56 Å². The molecule has 7 nitrogen and oxygen atoms in total. The largest absolute Gasteiger partial charge is 0.488 e. The van der Waals surface area contributed by atoms with Crippen molar-refractivity contribution < 1.29 is 9.66 Å². The van der Waals surface area contributed by atoms with Gasteiger partial charge in [0.2, 0.25) is 5.82 Å². The molecule has 7 heteroatoms. The van der Waals surface area contributed by atoms with Crippen LogP contribution in [0, 0.1) is 10.1 Å². The second-order valence-corrected chi connectivity index (χ2v) is 4.79. The summed E-state index contributed by atoms with van der Waals surface area (Å²) in [6, 6.07) is 10.6. The third-order valence-corrected chi connectivity index (χ3v) is 3.30. The molecule has 0 amide bonds. The summed E-state index contributed by atoms with van der Waals surface area (Å²) >= 11 is 0. The van der Waals surface area contributed by atoms with Crippen molar-refractivity contribution in [2.75, 3.05) is 17.6 Å². The minimum absolute atomic E-state index is 0.0785. The number of rotatable bonds is 4. The number of aromatic nitrogens is 1. The molecule has 0 radical (unpaired) electrons. The Hall–Kier alpha value is -2.83. The first-order valence-corrected chi connectivity index (χ1v) is 6.53. The number of hydrogen-bond donors (Lipinski definition) is 2. The molecule has 0 spiro atoms. The number of fused-ring (bicyclic) bond motifs is 1. The normalized spacial score (nSPS) is 16.1. The van der Waals surface area contributed by atoms with Gasteiger partial charge in [-0.3, -0.25) is 10.1 Å². The molecule has 1 atom stereocenters. The van der Waals surface area contributed by atoms with Gasteiger partial charge in [-0.2, -0.15) is 0 Å². The Morgan fingerprint density at radius 3 is 2.95 bits per heavy atom. The van der Waals surface area contributed by atoms with E-state index in [9.17, 15) is 10.1 Å². The molecule has 1 aromatic heterocycles. The van der Waals surface area contributed by atoms with Crippen molar-refractivity contribution in [2.24, 2.45) is 0 Å². The Bertz CT molecular complexity index is 665. The van der Waals surface area contributed by atoms with Crippen molar-refractivity contribution in [3.05, 3.63) is 52.1 Å². The number of nitrogen functional groups attached to an aromatic ring is 1. The van der Waals surface area contributed by atoms with Gasteiger partial charge >= 0.3 is 5.69 Å². The van der Waals surface area contributed by atoms with Gasteiger partial charge in [-0.05, 0) is 17.7 Å². The molecular weight excluding hydrogens is 272 g/mol. The average molecular weight is 286 g/mol. The first-order chi connectivity index (χ1) is 10.1. The van der Waals surface area contributed by atoms with Gasteiger partial charge in [-0.1, -0.05) is 18.2 Å². The Balaban J connectivity index is 1.69. The number of hydrogen-bond acceptors (Lipinski definition) is 6. The number of ether oxygens (including phenoxy) is 1. The second-order valence-electron chi connectivity index (χ2n) is 4.79. The van der Waals surface area contributed by atoms with E-state index in [1.807, 2.05) is 24.3 Å². The van der Waals surface area contributed by atoms with Crippen LogP contribution in [0.15, 0.2) is 36.4 Å². The van der Waals surface area contributed by atoms with E-state index >= 15 is 0 Å². The molecule has 0 aliphatic carbocycles. The van der Waals surface area contributed by atoms with Crippen LogP contribution >= 0.6 is 0 Å². The monoisotopic (exact) mass is 286 g/mol. The molecule has 1 aliphatic heterocycles. The number of nitrogens with two attached hydrogens (primary N) is 1. The molecule has 3 N–H and O–H groups in total. The maximum absolute atomic E-state index is 11.0. The van der Waals surface area contributed by atoms with E-state index < -0.39 is 4.92 Å². The molecule has 2 heterocycles. The maximum atomic E-state index is 11.0. The molecule has 0 saturated heterocycles. The molecule has 108 valence electrons. The molecule has 21 heavy (non-hydrogen) atoms. The Labute approximate surface area is 120 Å². The van der Waals surface area contributed by atoms with E-state index in [0.29, 0.717) is 6.54 Å². The van der Waals surface area contributed by atoms with Gasteiger partial charge in [0, 0.05) is 12.5 Å². The fourth-order valence-corrected chi connectivity index (χ4v) is 2.32. The molecule has 0 saturated carbocycles. The van der Waals surface area contributed by atoms with Crippen molar-refractivity contribution in [2.45, 2.75) is 12.5 Å². The van der Waals surface area contributed by atoms with Gasteiger partial charge in [0.15, 0.2) is 0 Å². The van der Waals surface area contributed by atoms with Crippen molar-refractivity contribution >= 4 is 17.3 Å². The molecular formula is C14H14N4O3. The van der Waals surface area contributed by atoms with Crippen molar-refractivity contribution in [1.82, 2.24) is 4.98 Å². The molecule has 0 bridgehead atoms. The summed E-state index contributed by atoms with van der Waals surface area (Å²) in [5.74, 6) is 1.26. The van der Waals surface area contributed by atoms with E-state index in [1.165, 1.54) is 12.1 Å². The highest BCUT2D eigenvalue weighted by molar-refractivity contribution is 5.59. The lowest BCUT2D eigenvalue weighted by atomic mass is 10.1. The highest BCUT2D eigenvalue weighted by Gasteiger charge is 2.23. The van der Waals surface area contributed by atoms with E-state index in [-0.39, 0.29) is 23.4 Å². The zero-order valence-electron chi connectivity index (χ0n) is 11.2. The van der Waals surface area contributed by atoms with Crippen LogP contribution in [0.2, 0.25) is 0 Å². The minimum Gasteiger partial charge on any atom is -0.488 e. The summed E-state index contributed by atoms with van der Waals surface area (Å²) in [6.07, 6.45) is 0.685. The fraction of sp³-hybridized carbons (Fsp3) is 0.214. The average Bonchev–Trinajstić information content (AvgIpc) is 2.87. The first-order valence-electron chi connectivity index (χ1n) is 6.53. The standard InChI is InChI=1S/C14H14N4O3/c15-13-6-5-11(18(19)20)14(17-13)16-8-10-7-9-3-1-2-4-12(9)21-10/h1-6,10H,7-8H2,(H3,15,16,17). The van der Waals surface area contributed by atoms with Crippen LogP contribution < -0.4 is 15.8 Å². The smallest absolute Gasteiger partial charge is 0.311 e. The lowest BCUT2D eigenvalue weighted by molar-refractivity contribution is -0.384.